The molecule has 2 aromatic heterocycles. The van der Waals surface area contributed by atoms with E-state index >= 15 is 0 Å². The number of aromatic amines is 1. The number of nitrogen functional groups attached to an aromatic ring is 1. The van der Waals surface area contributed by atoms with Crippen LogP contribution in [0.25, 0.3) is 11.1 Å². The van der Waals surface area contributed by atoms with Crippen LogP contribution in [0, 0.1) is 0 Å². The van der Waals surface area contributed by atoms with Crippen molar-refractivity contribution in [2.75, 3.05) is 5.73 Å². The van der Waals surface area contributed by atoms with Crippen molar-refractivity contribution < 1.29 is 4.42 Å². The van der Waals surface area contributed by atoms with Crippen molar-refractivity contribution in [3.8, 4) is 0 Å². The van der Waals surface area contributed by atoms with Gasteiger partial charge in [0.15, 0.2) is 5.58 Å². The van der Waals surface area contributed by atoms with Gasteiger partial charge >= 0.3 is 5.69 Å². The van der Waals surface area contributed by atoms with Crippen LogP contribution in [0.3, 0.4) is 0 Å². The molecule has 0 fully saturated rings. The second-order valence-corrected chi connectivity index (χ2v) is 5.19. The number of fused-ring (bicyclic) bond motifs is 1. The number of hydrogen-bond donors (Lipinski definition) is 2. The fourth-order valence-corrected chi connectivity index (χ4v) is 2.65. The largest absolute Gasteiger partial charge is 0.431 e. The molecule has 0 spiro atoms. The number of nitrogens with zero attached hydrogens (tertiary/aromatic N) is 3. The van der Waals surface area contributed by atoms with Gasteiger partial charge in [-0.15, -0.1) is 5.10 Å². The standard InChI is InChI=1S/C12H13N5O2S/c1-2-5-17-10(18)15-16-11(17)20-12-14-8-4-3-7(13)6-9(8)19-12/h3-4,6H,2,5,13H2,1H3,(H,15,18). The van der Waals surface area contributed by atoms with Crippen LogP contribution in [0.15, 0.2) is 37.8 Å². The molecule has 0 saturated heterocycles. The zero-order valence-corrected chi connectivity index (χ0v) is 11.6. The molecule has 0 aliphatic heterocycles. The summed E-state index contributed by atoms with van der Waals surface area (Å²) in [5.74, 6) is 0. The van der Waals surface area contributed by atoms with Crippen LogP contribution in [0.1, 0.15) is 13.3 Å². The Morgan fingerprint density at radius 2 is 2.35 bits per heavy atom. The van der Waals surface area contributed by atoms with E-state index in [4.69, 9.17) is 10.2 Å². The number of rotatable bonds is 4. The van der Waals surface area contributed by atoms with Gasteiger partial charge in [0.2, 0.25) is 5.16 Å². The second kappa shape index (κ2) is 5.04. The molecule has 0 amide bonds. The fourth-order valence-electron chi connectivity index (χ4n) is 1.84. The summed E-state index contributed by atoms with van der Waals surface area (Å²) in [6.45, 7) is 2.60. The third kappa shape index (κ3) is 2.29. The summed E-state index contributed by atoms with van der Waals surface area (Å²) >= 11 is 1.21. The molecule has 7 nitrogen and oxygen atoms in total. The van der Waals surface area contributed by atoms with Gasteiger partial charge in [-0.3, -0.25) is 4.57 Å². The highest BCUT2D eigenvalue weighted by atomic mass is 32.2. The normalized spacial score (nSPS) is 11.2. The molecule has 3 N–H and O–H groups in total. The lowest BCUT2D eigenvalue weighted by Crippen LogP contribution is -2.17. The molecule has 3 rings (SSSR count). The zero-order chi connectivity index (χ0) is 14.1. The molecule has 0 unspecified atom stereocenters. The Bertz CT molecular complexity index is 804. The molecule has 1 aromatic carbocycles. The number of hydrogen-bond acceptors (Lipinski definition) is 6. The summed E-state index contributed by atoms with van der Waals surface area (Å²) in [6.07, 6.45) is 0.844. The monoisotopic (exact) mass is 291 g/mol. The minimum Gasteiger partial charge on any atom is -0.431 e. The predicted octanol–water partition coefficient (Wildman–Crippen LogP) is 1.86. The molecule has 0 atom stereocenters. The Morgan fingerprint density at radius 3 is 3.15 bits per heavy atom. The minimum absolute atomic E-state index is 0.227. The smallest absolute Gasteiger partial charge is 0.343 e. The third-order valence-electron chi connectivity index (χ3n) is 2.74. The average molecular weight is 291 g/mol. The Balaban J connectivity index is 1.95. The maximum atomic E-state index is 11.6. The van der Waals surface area contributed by atoms with Gasteiger partial charge in [0, 0.05) is 30.1 Å². The number of H-pyrrole nitrogens is 1. The van der Waals surface area contributed by atoms with Crippen molar-refractivity contribution in [2.45, 2.75) is 30.3 Å². The van der Waals surface area contributed by atoms with E-state index in [1.807, 2.05) is 6.92 Å². The van der Waals surface area contributed by atoms with E-state index in [9.17, 15) is 4.79 Å². The number of benzene rings is 1. The third-order valence-corrected chi connectivity index (χ3v) is 3.59. The van der Waals surface area contributed by atoms with Crippen LogP contribution in [0.2, 0.25) is 0 Å². The Kier molecular flexibility index (Phi) is 3.23. The van der Waals surface area contributed by atoms with Crippen molar-refractivity contribution >= 4 is 28.5 Å². The first-order chi connectivity index (χ1) is 9.67. The van der Waals surface area contributed by atoms with E-state index in [0.29, 0.717) is 28.2 Å². The van der Waals surface area contributed by atoms with Gasteiger partial charge in [-0.05, 0) is 18.6 Å². The first-order valence-electron chi connectivity index (χ1n) is 6.16. The average Bonchev–Trinajstić information content (AvgIpc) is 2.96. The Morgan fingerprint density at radius 1 is 1.50 bits per heavy atom. The first-order valence-corrected chi connectivity index (χ1v) is 6.98. The Hall–Kier alpha value is -2.22. The predicted molar refractivity (Wildman–Crippen MR) is 75.7 cm³/mol. The maximum Gasteiger partial charge on any atom is 0.343 e. The summed E-state index contributed by atoms with van der Waals surface area (Å²) in [7, 11) is 0. The summed E-state index contributed by atoms with van der Waals surface area (Å²) in [4.78, 5) is 15.9. The molecule has 0 aliphatic carbocycles. The van der Waals surface area contributed by atoms with Crippen LogP contribution in [0.4, 0.5) is 5.69 Å². The molecular formula is C12H13N5O2S. The number of nitrogens with one attached hydrogen (secondary N) is 1. The van der Waals surface area contributed by atoms with E-state index in [1.165, 1.54) is 11.8 Å². The lowest BCUT2D eigenvalue weighted by atomic mass is 10.3. The molecule has 0 radical (unpaired) electrons. The SMILES string of the molecule is CCCn1c(Sc2nc3ccc(N)cc3o2)n[nH]c1=O. The van der Waals surface area contributed by atoms with Crippen molar-refractivity contribution in [3.63, 3.8) is 0 Å². The molecule has 0 bridgehead atoms. The van der Waals surface area contributed by atoms with Crippen molar-refractivity contribution in [3.05, 3.63) is 28.7 Å². The van der Waals surface area contributed by atoms with E-state index in [0.717, 1.165) is 11.9 Å². The zero-order valence-electron chi connectivity index (χ0n) is 10.8. The van der Waals surface area contributed by atoms with Crippen molar-refractivity contribution in [2.24, 2.45) is 0 Å². The second-order valence-electron chi connectivity index (χ2n) is 4.27. The quantitative estimate of drug-likeness (QED) is 0.711. The lowest BCUT2D eigenvalue weighted by Gasteiger charge is -1.99. The molecule has 104 valence electrons. The van der Waals surface area contributed by atoms with Crippen LogP contribution >= 0.6 is 11.8 Å². The molecular weight excluding hydrogens is 278 g/mol. The summed E-state index contributed by atoms with van der Waals surface area (Å²) in [6, 6.07) is 5.28. The molecule has 0 aliphatic rings. The molecule has 3 aromatic rings. The van der Waals surface area contributed by atoms with Crippen LogP contribution in [-0.4, -0.2) is 19.7 Å². The highest BCUT2D eigenvalue weighted by Gasteiger charge is 2.14. The van der Waals surface area contributed by atoms with Crippen molar-refractivity contribution in [1.29, 1.82) is 0 Å². The first kappa shape index (κ1) is 12.8. The van der Waals surface area contributed by atoms with Gasteiger partial charge in [0.25, 0.3) is 5.22 Å². The van der Waals surface area contributed by atoms with Gasteiger partial charge in [0.1, 0.15) is 5.52 Å². The summed E-state index contributed by atoms with van der Waals surface area (Å²) in [5, 5.41) is 7.38. The maximum absolute atomic E-state index is 11.6. The van der Waals surface area contributed by atoms with Crippen LogP contribution < -0.4 is 11.4 Å². The lowest BCUT2D eigenvalue weighted by molar-refractivity contribution is 0.487. The molecule has 2 heterocycles. The highest BCUT2D eigenvalue weighted by Crippen LogP contribution is 2.28. The fraction of sp³-hybridized carbons (Fsp3) is 0.250. The minimum atomic E-state index is -0.227. The summed E-state index contributed by atoms with van der Waals surface area (Å²) in [5.41, 5.74) is 7.43. The number of anilines is 1. The van der Waals surface area contributed by atoms with Gasteiger partial charge < -0.3 is 10.2 Å². The molecule has 20 heavy (non-hydrogen) atoms. The van der Waals surface area contributed by atoms with E-state index < -0.39 is 0 Å². The summed E-state index contributed by atoms with van der Waals surface area (Å²) < 4.78 is 7.16. The van der Waals surface area contributed by atoms with Gasteiger partial charge in [-0.2, -0.15) is 0 Å². The van der Waals surface area contributed by atoms with Gasteiger partial charge in [-0.25, -0.2) is 14.9 Å². The van der Waals surface area contributed by atoms with Crippen LogP contribution in [-0.2, 0) is 6.54 Å². The van der Waals surface area contributed by atoms with E-state index in [-0.39, 0.29) is 5.69 Å². The van der Waals surface area contributed by atoms with Crippen molar-refractivity contribution in [1.82, 2.24) is 19.7 Å². The molecule has 8 heteroatoms. The molecule has 0 saturated carbocycles. The topological polar surface area (TPSA) is 103 Å². The van der Waals surface area contributed by atoms with Gasteiger partial charge in [-0.1, -0.05) is 6.92 Å². The highest BCUT2D eigenvalue weighted by molar-refractivity contribution is 7.99. The number of nitrogens with two attached hydrogens (primary N) is 1. The number of oxazole rings is 1. The Labute approximate surface area is 118 Å². The van der Waals surface area contributed by atoms with Crippen LogP contribution in [0.5, 0.6) is 0 Å². The van der Waals surface area contributed by atoms with E-state index in [1.54, 1.807) is 22.8 Å². The van der Waals surface area contributed by atoms with E-state index in [2.05, 4.69) is 15.2 Å². The number of aromatic nitrogens is 4. The van der Waals surface area contributed by atoms with Gasteiger partial charge in [0.05, 0.1) is 0 Å².